The van der Waals surface area contributed by atoms with E-state index in [1.165, 1.54) is 122 Å². The monoisotopic (exact) mass is 394 g/mol. The van der Waals surface area contributed by atoms with Crippen LogP contribution in [0.2, 0.25) is 0 Å². The van der Waals surface area contributed by atoms with Gasteiger partial charge in [-0.2, -0.15) is 0 Å². The van der Waals surface area contributed by atoms with Gasteiger partial charge in [-0.1, -0.05) is 103 Å². The summed E-state index contributed by atoms with van der Waals surface area (Å²) in [7, 11) is 2.40. The van der Waals surface area contributed by atoms with Crippen molar-refractivity contribution in [2.75, 3.05) is 33.3 Å². The van der Waals surface area contributed by atoms with Crippen molar-refractivity contribution in [1.82, 2.24) is 0 Å². The number of epoxide rings is 1. The molecule has 0 aromatic carbocycles. The first-order valence-corrected chi connectivity index (χ1v) is 12.8. The normalized spacial score (nSPS) is 18.1. The minimum Gasteiger partial charge on any atom is -0.373 e. The molecule has 0 spiro atoms. The summed E-state index contributed by atoms with van der Waals surface area (Å²) in [6, 6.07) is 0. The van der Waals surface area contributed by atoms with Gasteiger partial charge in [-0.05, 0) is 18.9 Å². The Morgan fingerprint density at radius 1 is 0.750 bits per heavy atom. The van der Waals surface area contributed by atoms with Gasteiger partial charge in [0.2, 0.25) is 0 Å². The molecule has 2 heteroatoms. The van der Waals surface area contributed by atoms with Crippen molar-refractivity contribution in [1.29, 1.82) is 0 Å². The second kappa shape index (κ2) is 17.5. The Labute approximate surface area is 177 Å². The highest BCUT2D eigenvalue weighted by Crippen LogP contribution is 2.18. The van der Waals surface area contributed by atoms with Gasteiger partial charge in [0.25, 0.3) is 0 Å². The molecule has 1 aliphatic rings. The van der Waals surface area contributed by atoms with E-state index >= 15 is 0 Å². The highest BCUT2D eigenvalue weighted by Gasteiger charge is 2.27. The van der Waals surface area contributed by atoms with Crippen molar-refractivity contribution >= 4 is 0 Å². The van der Waals surface area contributed by atoms with Crippen LogP contribution in [0.15, 0.2) is 12.7 Å². The average Bonchev–Trinajstić information content (AvgIpc) is 3.51. The van der Waals surface area contributed by atoms with Crippen molar-refractivity contribution < 1.29 is 9.22 Å². The van der Waals surface area contributed by atoms with Crippen LogP contribution in [0.1, 0.15) is 116 Å². The number of likely N-dealkylation sites (N-methyl/N-ethyl adjacent to an activating group) is 1. The highest BCUT2D eigenvalue weighted by molar-refractivity contribution is 4.70. The van der Waals surface area contributed by atoms with Gasteiger partial charge in [-0.25, -0.2) is 0 Å². The molecule has 1 fully saturated rings. The molecule has 0 amide bonds. The molecule has 166 valence electrons. The smallest absolute Gasteiger partial charge is 0.0969 e. The number of nitrogens with zero attached hydrogens (tertiary/aromatic N) is 1. The third kappa shape index (κ3) is 15.6. The van der Waals surface area contributed by atoms with Crippen molar-refractivity contribution in [3.63, 3.8) is 0 Å². The summed E-state index contributed by atoms with van der Waals surface area (Å²) < 4.78 is 6.54. The van der Waals surface area contributed by atoms with E-state index in [0.29, 0.717) is 6.10 Å². The number of rotatable bonds is 22. The SMILES string of the molecule is C=CC[N+](C)(CCCCCCCCCCCCCCCCCC)CCC1CO1. The van der Waals surface area contributed by atoms with Crippen molar-refractivity contribution in [2.45, 2.75) is 122 Å². The fourth-order valence-corrected chi connectivity index (χ4v) is 4.34. The summed E-state index contributed by atoms with van der Waals surface area (Å²) in [5.74, 6) is 0. The average molecular weight is 395 g/mol. The first kappa shape index (κ1) is 25.7. The zero-order chi connectivity index (χ0) is 20.3. The van der Waals surface area contributed by atoms with Crippen LogP contribution < -0.4 is 0 Å². The standard InChI is InChI=1S/C26H52NO/c1-4-6-7-8-9-10-11-12-13-14-15-16-17-18-19-20-23-27(3,22-5-2)24-21-26-25-28-26/h5,26H,2,4,6-25H2,1,3H3/q+1. The molecule has 0 aliphatic carbocycles. The summed E-state index contributed by atoms with van der Waals surface area (Å²) in [6.07, 6.45) is 27.0. The largest absolute Gasteiger partial charge is 0.373 e. The van der Waals surface area contributed by atoms with Crippen molar-refractivity contribution in [3.05, 3.63) is 12.7 Å². The number of ether oxygens (including phenoxy) is 1. The Hall–Kier alpha value is -0.340. The van der Waals surface area contributed by atoms with Gasteiger partial charge in [0, 0.05) is 6.42 Å². The fraction of sp³-hybridized carbons (Fsp3) is 0.923. The third-order valence-corrected chi connectivity index (χ3v) is 6.51. The summed E-state index contributed by atoms with van der Waals surface area (Å²) in [6.45, 7) is 10.9. The molecule has 0 aromatic rings. The predicted octanol–water partition coefficient (Wildman–Crippen LogP) is 7.67. The Morgan fingerprint density at radius 2 is 1.18 bits per heavy atom. The lowest BCUT2D eigenvalue weighted by Gasteiger charge is -2.33. The molecular weight excluding hydrogens is 342 g/mol. The maximum atomic E-state index is 5.38. The van der Waals surface area contributed by atoms with E-state index in [0.717, 1.165) is 17.6 Å². The molecule has 28 heavy (non-hydrogen) atoms. The van der Waals surface area contributed by atoms with Gasteiger partial charge in [-0.3, -0.25) is 0 Å². The molecule has 0 N–H and O–H groups in total. The van der Waals surface area contributed by atoms with Gasteiger partial charge in [0.05, 0.1) is 39.4 Å². The second-order valence-corrected chi connectivity index (χ2v) is 9.59. The van der Waals surface area contributed by atoms with E-state index in [4.69, 9.17) is 4.74 Å². The molecule has 2 nitrogen and oxygen atoms in total. The zero-order valence-electron chi connectivity index (χ0n) is 19.6. The Balaban J connectivity index is 1.82. The predicted molar refractivity (Wildman–Crippen MR) is 125 cm³/mol. The molecule has 0 radical (unpaired) electrons. The van der Waals surface area contributed by atoms with Crippen LogP contribution in [0, 0.1) is 0 Å². The van der Waals surface area contributed by atoms with Gasteiger partial charge in [-0.15, -0.1) is 0 Å². The van der Waals surface area contributed by atoms with Crippen LogP contribution in [0.5, 0.6) is 0 Å². The van der Waals surface area contributed by atoms with Crippen LogP contribution in [0.3, 0.4) is 0 Å². The van der Waals surface area contributed by atoms with Crippen LogP contribution in [-0.2, 0) is 4.74 Å². The van der Waals surface area contributed by atoms with Crippen LogP contribution in [0.25, 0.3) is 0 Å². The van der Waals surface area contributed by atoms with E-state index in [1.54, 1.807) is 0 Å². The quantitative estimate of drug-likeness (QED) is 0.0794. The maximum absolute atomic E-state index is 5.38. The van der Waals surface area contributed by atoms with Crippen LogP contribution in [-0.4, -0.2) is 43.9 Å². The highest BCUT2D eigenvalue weighted by atomic mass is 16.6. The summed E-state index contributed by atoms with van der Waals surface area (Å²) in [5.41, 5.74) is 0. The van der Waals surface area contributed by atoms with Crippen LogP contribution >= 0.6 is 0 Å². The van der Waals surface area contributed by atoms with E-state index in [1.807, 2.05) is 0 Å². The molecule has 1 saturated heterocycles. The van der Waals surface area contributed by atoms with E-state index < -0.39 is 0 Å². The first-order chi connectivity index (χ1) is 13.7. The second-order valence-electron chi connectivity index (χ2n) is 9.59. The fourth-order valence-electron chi connectivity index (χ4n) is 4.34. The minimum absolute atomic E-state index is 0.563. The zero-order valence-corrected chi connectivity index (χ0v) is 19.6. The van der Waals surface area contributed by atoms with Crippen molar-refractivity contribution in [2.24, 2.45) is 0 Å². The number of hydrogen-bond donors (Lipinski definition) is 0. The molecule has 1 heterocycles. The summed E-state index contributed by atoms with van der Waals surface area (Å²) in [5, 5.41) is 0. The Bertz CT molecular complexity index is 352. The number of unbranched alkanes of at least 4 members (excludes halogenated alkanes) is 15. The topological polar surface area (TPSA) is 12.5 Å². The van der Waals surface area contributed by atoms with Crippen LogP contribution in [0.4, 0.5) is 0 Å². The molecular formula is C26H52NO+. The van der Waals surface area contributed by atoms with Gasteiger partial charge < -0.3 is 9.22 Å². The lowest BCUT2D eigenvalue weighted by Crippen LogP contribution is -2.46. The lowest BCUT2D eigenvalue weighted by molar-refractivity contribution is -0.904. The molecule has 0 aromatic heterocycles. The Morgan fingerprint density at radius 3 is 1.57 bits per heavy atom. The van der Waals surface area contributed by atoms with E-state index in [9.17, 15) is 0 Å². The molecule has 2 atom stereocenters. The van der Waals surface area contributed by atoms with Crippen molar-refractivity contribution in [3.8, 4) is 0 Å². The third-order valence-electron chi connectivity index (χ3n) is 6.51. The summed E-state index contributed by atoms with van der Waals surface area (Å²) in [4.78, 5) is 0. The van der Waals surface area contributed by atoms with Gasteiger partial charge >= 0.3 is 0 Å². The maximum Gasteiger partial charge on any atom is 0.0969 e. The lowest BCUT2D eigenvalue weighted by atomic mass is 10.0. The molecule has 2 unspecified atom stereocenters. The molecule has 1 rings (SSSR count). The minimum atomic E-state index is 0.563. The molecule has 0 saturated carbocycles. The Kier molecular flexibility index (Phi) is 16.1. The van der Waals surface area contributed by atoms with Gasteiger partial charge in [0.15, 0.2) is 0 Å². The summed E-state index contributed by atoms with van der Waals surface area (Å²) >= 11 is 0. The van der Waals surface area contributed by atoms with Gasteiger partial charge in [0.1, 0.15) is 0 Å². The number of hydrogen-bond acceptors (Lipinski definition) is 1. The molecule has 0 bridgehead atoms. The first-order valence-electron chi connectivity index (χ1n) is 12.8. The molecule has 1 aliphatic heterocycles. The number of quaternary nitrogens is 1. The van der Waals surface area contributed by atoms with E-state index in [-0.39, 0.29) is 0 Å². The van der Waals surface area contributed by atoms with E-state index in [2.05, 4.69) is 26.6 Å².